The van der Waals surface area contributed by atoms with Crippen LogP contribution < -0.4 is 11.1 Å². The van der Waals surface area contributed by atoms with Crippen LogP contribution in [0.25, 0.3) is 11.0 Å². The van der Waals surface area contributed by atoms with Gasteiger partial charge in [0.15, 0.2) is 17.2 Å². The second kappa shape index (κ2) is 11.6. The first-order valence-electron chi connectivity index (χ1n) is 13.5. The Morgan fingerprint density at radius 2 is 1.50 bits per heavy atom. The first-order chi connectivity index (χ1) is 20.4. The molecule has 0 aliphatic carbocycles. The number of benzene rings is 3. The van der Waals surface area contributed by atoms with Crippen molar-refractivity contribution in [1.29, 1.82) is 0 Å². The molecule has 0 radical (unpaired) electrons. The number of nitrogens with two attached hydrogens (primary N) is 1. The zero-order valence-electron chi connectivity index (χ0n) is 22.6. The van der Waals surface area contributed by atoms with Crippen LogP contribution in [0.2, 0.25) is 0 Å². The Bertz CT molecular complexity index is 1690. The molecule has 0 spiro atoms. The number of fused-ring (bicyclic) bond motifs is 1. The summed E-state index contributed by atoms with van der Waals surface area (Å²) in [5, 5.41) is 2.35. The van der Waals surface area contributed by atoms with E-state index in [1.54, 1.807) is 6.07 Å². The molecule has 6 rings (SSSR count). The van der Waals surface area contributed by atoms with Gasteiger partial charge >= 0.3 is 0 Å². The summed E-state index contributed by atoms with van der Waals surface area (Å²) in [7, 11) is 0. The zero-order valence-corrected chi connectivity index (χ0v) is 22.6. The molecule has 0 atom stereocenters. The van der Waals surface area contributed by atoms with E-state index in [2.05, 4.69) is 63.6 Å². The number of amides is 2. The molecule has 214 valence electrons. The summed E-state index contributed by atoms with van der Waals surface area (Å²) in [5.74, 6) is -3.61. The third kappa shape index (κ3) is 5.54. The lowest BCUT2D eigenvalue weighted by atomic mass is 9.96. The van der Waals surface area contributed by atoms with Gasteiger partial charge in [0, 0.05) is 32.2 Å². The molecule has 0 unspecified atom stereocenters. The predicted octanol–water partition coefficient (Wildman–Crippen LogP) is 5.56. The van der Waals surface area contributed by atoms with Gasteiger partial charge in [-0.3, -0.25) is 19.4 Å². The number of anilines is 1. The van der Waals surface area contributed by atoms with Crippen LogP contribution in [0.4, 0.5) is 14.5 Å². The summed E-state index contributed by atoms with van der Waals surface area (Å²) in [6.45, 7) is 3.80. The second-order valence-corrected chi connectivity index (χ2v) is 10.2. The fourth-order valence-corrected chi connectivity index (χ4v) is 5.47. The fourth-order valence-electron chi connectivity index (χ4n) is 5.47. The number of hydrogen-bond acceptors (Lipinski definition) is 6. The first-order valence-corrected chi connectivity index (χ1v) is 13.5. The van der Waals surface area contributed by atoms with Crippen LogP contribution in [0.5, 0.6) is 0 Å². The highest BCUT2D eigenvalue weighted by atomic mass is 19.1. The van der Waals surface area contributed by atoms with Crippen molar-refractivity contribution in [1.82, 2.24) is 9.80 Å². The van der Waals surface area contributed by atoms with E-state index in [0.717, 1.165) is 32.2 Å². The molecule has 5 aromatic rings. The third-order valence-electron chi connectivity index (χ3n) is 7.44. The summed E-state index contributed by atoms with van der Waals surface area (Å²) >= 11 is 0. The van der Waals surface area contributed by atoms with Crippen LogP contribution in [0.3, 0.4) is 0 Å². The number of nitrogens with zero attached hydrogens (tertiary/aromatic N) is 2. The van der Waals surface area contributed by atoms with Gasteiger partial charge in [-0.05, 0) is 29.3 Å². The molecule has 2 amide bonds. The molecule has 0 saturated carbocycles. The largest absolute Gasteiger partial charge is 0.455 e. The monoisotopic (exact) mass is 570 g/mol. The molecule has 3 heterocycles. The van der Waals surface area contributed by atoms with E-state index in [1.165, 1.54) is 17.2 Å². The van der Waals surface area contributed by atoms with Crippen molar-refractivity contribution in [2.45, 2.75) is 12.6 Å². The van der Waals surface area contributed by atoms with Crippen molar-refractivity contribution in [3.05, 3.63) is 125 Å². The maximum Gasteiger partial charge on any atom is 0.291 e. The van der Waals surface area contributed by atoms with E-state index >= 15 is 0 Å². The number of furan rings is 2. The maximum absolute atomic E-state index is 14.2. The van der Waals surface area contributed by atoms with Gasteiger partial charge in [-0.15, -0.1) is 0 Å². The number of piperazine rings is 1. The van der Waals surface area contributed by atoms with Crippen LogP contribution in [0.15, 0.2) is 93.8 Å². The maximum atomic E-state index is 14.2. The van der Waals surface area contributed by atoms with Gasteiger partial charge < -0.3 is 19.9 Å². The lowest BCUT2D eigenvalue weighted by Gasteiger charge is -2.39. The summed E-state index contributed by atoms with van der Waals surface area (Å²) in [6, 6.07) is 25.9. The van der Waals surface area contributed by atoms with Crippen LogP contribution in [0, 0.1) is 11.6 Å². The molecule has 3 aromatic carbocycles. The van der Waals surface area contributed by atoms with Gasteiger partial charge in [0.1, 0.15) is 17.3 Å². The van der Waals surface area contributed by atoms with Crippen LogP contribution in [-0.4, -0.2) is 47.8 Å². The minimum Gasteiger partial charge on any atom is -0.455 e. The highest BCUT2D eigenvalue weighted by Gasteiger charge is 2.28. The van der Waals surface area contributed by atoms with Gasteiger partial charge in [0.2, 0.25) is 5.76 Å². The predicted molar refractivity (Wildman–Crippen MR) is 153 cm³/mol. The Morgan fingerprint density at radius 1 is 0.857 bits per heavy atom. The van der Waals surface area contributed by atoms with Crippen molar-refractivity contribution in [3.8, 4) is 0 Å². The topological polar surface area (TPSA) is 105 Å². The van der Waals surface area contributed by atoms with E-state index in [1.807, 2.05) is 12.1 Å². The number of carbonyl (C=O) groups excluding carboxylic acids is 2. The summed E-state index contributed by atoms with van der Waals surface area (Å²) in [5.41, 5.74) is 7.23. The molecule has 1 aliphatic rings. The molecule has 0 bridgehead atoms. The van der Waals surface area contributed by atoms with E-state index in [4.69, 9.17) is 14.6 Å². The van der Waals surface area contributed by atoms with E-state index in [9.17, 15) is 18.4 Å². The van der Waals surface area contributed by atoms with Crippen molar-refractivity contribution < 1.29 is 27.2 Å². The van der Waals surface area contributed by atoms with Gasteiger partial charge in [-0.2, -0.15) is 0 Å². The molecule has 42 heavy (non-hydrogen) atoms. The van der Waals surface area contributed by atoms with Gasteiger partial charge in [0.05, 0.1) is 18.0 Å². The summed E-state index contributed by atoms with van der Waals surface area (Å²) < 4.78 is 39.1. The molecule has 10 heteroatoms. The van der Waals surface area contributed by atoms with E-state index in [-0.39, 0.29) is 28.5 Å². The number of nitrogens with one attached hydrogen (secondary N) is 1. The zero-order chi connectivity index (χ0) is 29.2. The number of halogens is 2. The Kier molecular flexibility index (Phi) is 7.56. The van der Waals surface area contributed by atoms with E-state index in [0.29, 0.717) is 18.4 Å². The number of primary amides is 1. The molecule has 1 saturated heterocycles. The fraction of sp³-hybridized carbons (Fsp3) is 0.188. The van der Waals surface area contributed by atoms with Crippen molar-refractivity contribution in [2.24, 2.45) is 5.73 Å². The van der Waals surface area contributed by atoms with Crippen LogP contribution in [-0.2, 0) is 6.54 Å². The minimum absolute atomic E-state index is 0.0292. The molecule has 2 aromatic heterocycles. The van der Waals surface area contributed by atoms with Crippen LogP contribution >= 0.6 is 0 Å². The van der Waals surface area contributed by atoms with Crippen molar-refractivity contribution in [3.63, 3.8) is 0 Å². The smallest absolute Gasteiger partial charge is 0.291 e. The quantitative estimate of drug-likeness (QED) is 0.253. The Morgan fingerprint density at radius 3 is 2.12 bits per heavy atom. The number of rotatable bonds is 8. The standard InChI is InChI=1S/C32H28F2N4O4/c33-22-17-24-27(30(31(35)39)42-29(24)25(34)18-22)36-32(40)26-12-11-23(41-26)19-37-13-15-38(16-14-37)28(20-7-3-1-4-8-20)21-9-5-2-6-10-21/h1-12,17-18,28H,13-16,19H2,(H2,35,39)(H,36,40). The third-order valence-corrected chi connectivity index (χ3v) is 7.44. The summed E-state index contributed by atoms with van der Waals surface area (Å²) in [4.78, 5) is 29.6. The average molecular weight is 571 g/mol. The van der Waals surface area contributed by atoms with Gasteiger partial charge in [-0.25, -0.2) is 8.78 Å². The molecular formula is C32H28F2N4O4. The number of carbonyl (C=O) groups is 2. The highest BCUT2D eigenvalue weighted by Crippen LogP contribution is 2.34. The Labute approximate surface area is 240 Å². The molecular weight excluding hydrogens is 542 g/mol. The van der Waals surface area contributed by atoms with E-state index < -0.39 is 29.2 Å². The van der Waals surface area contributed by atoms with Crippen LogP contribution in [0.1, 0.15) is 44.0 Å². The van der Waals surface area contributed by atoms with Gasteiger partial charge in [-0.1, -0.05) is 60.7 Å². The molecule has 1 fully saturated rings. The average Bonchev–Trinajstić information content (AvgIpc) is 3.61. The lowest BCUT2D eigenvalue weighted by molar-refractivity contribution is 0.0953. The van der Waals surface area contributed by atoms with Gasteiger partial charge in [0.25, 0.3) is 11.8 Å². The first kappa shape index (κ1) is 27.4. The minimum atomic E-state index is -1.04. The highest BCUT2D eigenvalue weighted by molar-refractivity contribution is 6.13. The second-order valence-electron chi connectivity index (χ2n) is 10.2. The van der Waals surface area contributed by atoms with Crippen molar-refractivity contribution >= 4 is 28.5 Å². The summed E-state index contributed by atoms with van der Waals surface area (Å²) in [6.07, 6.45) is 0. The Balaban J connectivity index is 1.13. The van der Waals surface area contributed by atoms with Crippen molar-refractivity contribution in [2.75, 3.05) is 31.5 Å². The number of hydrogen-bond donors (Lipinski definition) is 2. The molecule has 1 aliphatic heterocycles. The SMILES string of the molecule is NC(=O)c1oc2c(F)cc(F)cc2c1NC(=O)c1ccc(CN2CCN(C(c3ccccc3)c3ccccc3)CC2)o1. The lowest BCUT2D eigenvalue weighted by Crippen LogP contribution is -2.47. The molecule has 8 nitrogen and oxygen atoms in total. The molecule has 3 N–H and O–H groups in total. The Hall–Kier alpha value is -4.80. The normalized spacial score (nSPS) is 14.5.